The van der Waals surface area contributed by atoms with Crippen LogP contribution in [0, 0.1) is 0 Å². The fourth-order valence-electron chi connectivity index (χ4n) is 2.18. The van der Waals surface area contributed by atoms with Crippen molar-refractivity contribution in [2.45, 2.75) is 11.3 Å². The molecule has 0 aromatic heterocycles. The molecule has 1 amide bonds. The van der Waals surface area contributed by atoms with Crippen LogP contribution in [-0.2, 0) is 4.79 Å². The van der Waals surface area contributed by atoms with Crippen LogP contribution < -0.4 is 0 Å². The molecule has 0 spiro atoms. The average molecular weight is 292 g/mol. The highest BCUT2D eigenvalue weighted by Gasteiger charge is 2.20. The molecule has 0 N–H and O–H groups in total. The Labute approximate surface area is 121 Å². The number of hydrogen-bond donors (Lipinski definition) is 0. The maximum atomic E-state index is 11.9. The van der Waals surface area contributed by atoms with Gasteiger partial charge in [-0.1, -0.05) is 35.9 Å². The Kier molecular flexibility index (Phi) is 3.67. The van der Waals surface area contributed by atoms with Crippen LogP contribution in [0.4, 0.5) is 0 Å². The molecule has 0 radical (unpaired) electrons. The van der Waals surface area contributed by atoms with Crippen LogP contribution in [0.1, 0.15) is 6.42 Å². The van der Waals surface area contributed by atoms with E-state index in [1.165, 1.54) is 0 Å². The minimum atomic E-state index is 0.223. The summed E-state index contributed by atoms with van der Waals surface area (Å²) in [5.74, 6) is 0.713. The number of fused-ring (bicyclic) bond motifs is 1. The van der Waals surface area contributed by atoms with Gasteiger partial charge >= 0.3 is 0 Å². The summed E-state index contributed by atoms with van der Waals surface area (Å²) in [4.78, 5) is 14.9. The molecule has 3 rings (SSSR count). The van der Waals surface area contributed by atoms with Gasteiger partial charge in [0.2, 0.25) is 5.91 Å². The highest BCUT2D eigenvalue weighted by molar-refractivity contribution is 8.00. The summed E-state index contributed by atoms with van der Waals surface area (Å²) >= 11 is 7.84. The average Bonchev–Trinajstić information content (AvgIpc) is 2.34. The Morgan fingerprint density at radius 2 is 1.95 bits per heavy atom. The number of amides is 1. The van der Waals surface area contributed by atoms with E-state index < -0.39 is 0 Å². The number of rotatable bonds is 3. The van der Waals surface area contributed by atoms with Gasteiger partial charge in [0.15, 0.2) is 0 Å². The topological polar surface area (TPSA) is 20.3 Å². The Morgan fingerprint density at radius 1 is 1.21 bits per heavy atom. The van der Waals surface area contributed by atoms with Crippen molar-refractivity contribution >= 4 is 40.0 Å². The number of halogens is 1. The van der Waals surface area contributed by atoms with Crippen molar-refractivity contribution in [3.05, 3.63) is 41.4 Å². The van der Waals surface area contributed by atoms with Gasteiger partial charge in [0.25, 0.3) is 0 Å². The third kappa shape index (κ3) is 2.58. The number of thioether (sulfide) groups is 1. The molecule has 1 aliphatic rings. The monoisotopic (exact) mass is 291 g/mol. The van der Waals surface area contributed by atoms with Gasteiger partial charge in [0.1, 0.15) is 0 Å². The number of carbonyl (C=O) groups excluding carboxylic acids is 1. The first-order valence-corrected chi connectivity index (χ1v) is 7.70. The lowest BCUT2D eigenvalue weighted by Crippen LogP contribution is -2.43. The Morgan fingerprint density at radius 3 is 2.63 bits per heavy atom. The summed E-state index contributed by atoms with van der Waals surface area (Å²) in [5, 5.41) is 2.92. The standard InChI is InChI=1S/C15H14ClNOS/c16-12-6-1-4-11-5-2-7-13(15(11)12)19-10-14(18)17-8-3-9-17/h1-2,4-7H,3,8-10H2. The van der Waals surface area contributed by atoms with E-state index in [2.05, 4.69) is 0 Å². The SMILES string of the molecule is O=C(CSc1cccc2cccc(Cl)c12)N1CCC1. The van der Waals surface area contributed by atoms with E-state index in [1.54, 1.807) is 11.8 Å². The predicted octanol–water partition coefficient (Wildman–Crippen LogP) is 3.82. The zero-order valence-corrected chi connectivity index (χ0v) is 12.0. The highest BCUT2D eigenvalue weighted by atomic mass is 35.5. The van der Waals surface area contributed by atoms with E-state index in [9.17, 15) is 4.79 Å². The molecule has 0 aliphatic carbocycles. The molecule has 98 valence electrons. The minimum absolute atomic E-state index is 0.223. The molecule has 2 aromatic carbocycles. The van der Waals surface area contributed by atoms with Gasteiger partial charge in [-0.25, -0.2) is 0 Å². The Balaban J connectivity index is 1.82. The van der Waals surface area contributed by atoms with Crippen molar-refractivity contribution in [3.63, 3.8) is 0 Å². The molecule has 2 nitrogen and oxygen atoms in total. The molecular weight excluding hydrogens is 278 g/mol. The van der Waals surface area contributed by atoms with Crippen LogP contribution in [0.25, 0.3) is 10.8 Å². The van der Waals surface area contributed by atoms with E-state index in [4.69, 9.17) is 11.6 Å². The molecule has 4 heteroatoms. The van der Waals surface area contributed by atoms with Crippen molar-refractivity contribution < 1.29 is 4.79 Å². The van der Waals surface area contributed by atoms with E-state index in [1.807, 2.05) is 41.3 Å². The Hall–Kier alpha value is -1.19. The van der Waals surface area contributed by atoms with E-state index >= 15 is 0 Å². The van der Waals surface area contributed by atoms with Gasteiger partial charge < -0.3 is 4.90 Å². The molecule has 1 saturated heterocycles. The first-order chi connectivity index (χ1) is 9.25. The van der Waals surface area contributed by atoms with Gasteiger partial charge in [-0.2, -0.15) is 0 Å². The van der Waals surface area contributed by atoms with Gasteiger partial charge in [0, 0.05) is 28.4 Å². The largest absolute Gasteiger partial charge is 0.342 e. The van der Waals surface area contributed by atoms with Crippen LogP contribution in [-0.4, -0.2) is 29.6 Å². The first-order valence-electron chi connectivity index (χ1n) is 6.33. The molecule has 0 saturated carbocycles. The molecule has 1 heterocycles. The second kappa shape index (κ2) is 5.43. The smallest absolute Gasteiger partial charge is 0.232 e. The normalized spacial score (nSPS) is 14.5. The summed E-state index contributed by atoms with van der Waals surface area (Å²) < 4.78 is 0. The highest BCUT2D eigenvalue weighted by Crippen LogP contribution is 2.33. The van der Waals surface area contributed by atoms with Crippen LogP contribution in [0.3, 0.4) is 0 Å². The molecule has 2 aromatic rings. The molecular formula is C15H14ClNOS. The van der Waals surface area contributed by atoms with Gasteiger partial charge in [-0.3, -0.25) is 4.79 Å². The number of nitrogens with zero attached hydrogens (tertiary/aromatic N) is 1. The molecule has 0 atom stereocenters. The lowest BCUT2D eigenvalue weighted by atomic mass is 10.1. The van der Waals surface area contributed by atoms with Crippen molar-refractivity contribution in [1.29, 1.82) is 0 Å². The number of carbonyl (C=O) groups is 1. The summed E-state index contributed by atoms with van der Waals surface area (Å²) in [5.41, 5.74) is 0. The molecule has 0 bridgehead atoms. The van der Waals surface area contributed by atoms with Crippen LogP contribution >= 0.6 is 23.4 Å². The van der Waals surface area contributed by atoms with Gasteiger partial charge in [-0.05, 0) is 23.9 Å². The van der Waals surface area contributed by atoms with E-state index in [0.29, 0.717) is 5.75 Å². The third-order valence-electron chi connectivity index (χ3n) is 3.38. The van der Waals surface area contributed by atoms with Crippen LogP contribution in [0.2, 0.25) is 5.02 Å². The number of hydrogen-bond acceptors (Lipinski definition) is 2. The lowest BCUT2D eigenvalue weighted by molar-refractivity contribution is -0.131. The second-order valence-corrected chi connectivity index (χ2v) is 6.04. The summed E-state index contributed by atoms with van der Waals surface area (Å²) in [6.07, 6.45) is 1.14. The van der Waals surface area contributed by atoms with Crippen molar-refractivity contribution in [2.24, 2.45) is 0 Å². The summed E-state index contributed by atoms with van der Waals surface area (Å²) in [6, 6.07) is 12.0. The van der Waals surface area contributed by atoms with Crippen molar-refractivity contribution in [1.82, 2.24) is 4.90 Å². The minimum Gasteiger partial charge on any atom is -0.342 e. The van der Waals surface area contributed by atoms with Crippen molar-refractivity contribution in [3.8, 4) is 0 Å². The molecule has 0 unspecified atom stereocenters. The van der Waals surface area contributed by atoms with Gasteiger partial charge in [0.05, 0.1) is 5.75 Å². The number of likely N-dealkylation sites (tertiary alicyclic amines) is 1. The third-order valence-corrected chi connectivity index (χ3v) is 4.73. The second-order valence-electron chi connectivity index (χ2n) is 4.62. The maximum Gasteiger partial charge on any atom is 0.232 e. The van der Waals surface area contributed by atoms with E-state index in [0.717, 1.165) is 40.2 Å². The maximum absolute atomic E-state index is 11.9. The first kappa shape index (κ1) is 12.8. The molecule has 19 heavy (non-hydrogen) atoms. The fraction of sp³-hybridized carbons (Fsp3) is 0.267. The lowest BCUT2D eigenvalue weighted by Gasteiger charge is -2.30. The zero-order valence-electron chi connectivity index (χ0n) is 10.4. The fourth-order valence-corrected chi connectivity index (χ4v) is 3.53. The van der Waals surface area contributed by atoms with Crippen molar-refractivity contribution in [2.75, 3.05) is 18.8 Å². The molecule has 1 fully saturated rings. The molecule has 1 aliphatic heterocycles. The quantitative estimate of drug-likeness (QED) is 0.801. The predicted molar refractivity (Wildman–Crippen MR) is 80.9 cm³/mol. The zero-order chi connectivity index (χ0) is 13.2. The Bertz CT molecular complexity index is 619. The summed E-state index contributed by atoms with van der Waals surface area (Å²) in [6.45, 7) is 1.82. The summed E-state index contributed by atoms with van der Waals surface area (Å²) in [7, 11) is 0. The van der Waals surface area contributed by atoms with Crippen LogP contribution in [0.15, 0.2) is 41.3 Å². The van der Waals surface area contributed by atoms with Crippen LogP contribution in [0.5, 0.6) is 0 Å². The van der Waals surface area contributed by atoms with E-state index in [-0.39, 0.29) is 5.91 Å². The van der Waals surface area contributed by atoms with Gasteiger partial charge in [-0.15, -0.1) is 11.8 Å². The number of benzene rings is 2.